The summed E-state index contributed by atoms with van der Waals surface area (Å²) in [7, 11) is 0. The van der Waals surface area contributed by atoms with Gasteiger partial charge in [-0.25, -0.2) is 0 Å². The molecule has 0 aliphatic rings. The molecule has 0 saturated carbocycles. The minimum atomic E-state index is 0.710. The number of hydrogen-bond acceptors (Lipinski definition) is 3. The number of rotatable bonds is 13. The monoisotopic (exact) mass is 338 g/mol. The van der Waals surface area contributed by atoms with E-state index in [2.05, 4.69) is 39.8 Å². The lowest BCUT2D eigenvalue weighted by Gasteiger charge is -2.09. The first-order chi connectivity index (χ1) is 11.2. The van der Waals surface area contributed by atoms with E-state index in [1.807, 2.05) is 11.3 Å². The van der Waals surface area contributed by atoms with Crippen LogP contribution in [0.4, 0.5) is 0 Å². The van der Waals surface area contributed by atoms with Crippen molar-refractivity contribution >= 4 is 17.4 Å². The van der Waals surface area contributed by atoms with Crippen molar-refractivity contribution < 1.29 is 9.47 Å². The van der Waals surface area contributed by atoms with Crippen LogP contribution in [0.1, 0.15) is 80.2 Å². The fourth-order valence-electron chi connectivity index (χ4n) is 2.54. The van der Waals surface area contributed by atoms with Crippen molar-refractivity contribution in [2.75, 3.05) is 13.2 Å². The molecular weight excluding hydrogens is 304 g/mol. The van der Waals surface area contributed by atoms with Crippen LogP contribution in [0, 0.1) is 6.92 Å². The molecule has 132 valence electrons. The largest absolute Gasteiger partial charge is 0.377 e. The molecule has 0 fully saturated rings. The fraction of sp³-hybridized carbons (Fsp3) is 0.700. The van der Waals surface area contributed by atoms with Crippen molar-refractivity contribution in [3.05, 3.63) is 27.0 Å². The van der Waals surface area contributed by atoms with Gasteiger partial charge in [-0.05, 0) is 38.3 Å². The maximum absolute atomic E-state index is 5.92. The number of allylic oxidation sites excluding steroid dienone is 1. The maximum atomic E-state index is 5.92. The Morgan fingerprint density at radius 2 is 1.43 bits per heavy atom. The van der Waals surface area contributed by atoms with Gasteiger partial charge in [0, 0.05) is 28.5 Å². The van der Waals surface area contributed by atoms with Crippen molar-refractivity contribution in [1.29, 1.82) is 0 Å². The zero-order chi connectivity index (χ0) is 16.9. The second-order valence-corrected chi connectivity index (χ2v) is 7.26. The van der Waals surface area contributed by atoms with Crippen LogP contribution in [0.25, 0.3) is 6.08 Å². The molecule has 0 radical (unpaired) electrons. The van der Waals surface area contributed by atoms with Gasteiger partial charge in [-0.3, -0.25) is 0 Å². The van der Waals surface area contributed by atoms with E-state index in [0.29, 0.717) is 6.61 Å². The van der Waals surface area contributed by atoms with Crippen molar-refractivity contribution in [2.45, 2.75) is 79.4 Å². The molecule has 1 aromatic rings. The van der Waals surface area contributed by atoms with Gasteiger partial charge in [-0.2, -0.15) is 0 Å². The number of thiophene rings is 1. The average Bonchev–Trinajstić information content (AvgIpc) is 2.83. The van der Waals surface area contributed by atoms with Crippen LogP contribution in [0.2, 0.25) is 0 Å². The predicted octanol–water partition coefficient (Wildman–Crippen LogP) is 6.50. The fourth-order valence-corrected chi connectivity index (χ4v) is 3.68. The van der Waals surface area contributed by atoms with E-state index in [4.69, 9.17) is 9.47 Å². The molecule has 3 heteroatoms. The first kappa shape index (κ1) is 20.4. The molecule has 0 aliphatic carbocycles. The van der Waals surface area contributed by atoms with Crippen molar-refractivity contribution in [3.63, 3.8) is 0 Å². The molecule has 0 saturated heterocycles. The molecule has 0 bridgehead atoms. The van der Waals surface area contributed by atoms with Gasteiger partial charge in [-0.15, -0.1) is 11.3 Å². The maximum Gasteiger partial charge on any atom is 0.0734 e. The highest BCUT2D eigenvalue weighted by Gasteiger charge is 2.14. The Labute approximate surface area is 146 Å². The zero-order valence-electron chi connectivity index (χ0n) is 15.5. The summed E-state index contributed by atoms with van der Waals surface area (Å²) < 4.78 is 11.8. The molecule has 0 amide bonds. The molecule has 0 atom stereocenters. The van der Waals surface area contributed by atoms with Crippen molar-refractivity contribution in [3.8, 4) is 0 Å². The van der Waals surface area contributed by atoms with Gasteiger partial charge in [0.1, 0.15) is 0 Å². The Balaban J connectivity index is 2.62. The molecule has 0 unspecified atom stereocenters. The lowest BCUT2D eigenvalue weighted by molar-refractivity contribution is 0.104. The highest BCUT2D eigenvalue weighted by atomic mass is 32.1. The summed E-state index contributed by atoms with van der Waals surface area (Å²) in [5.41, 5.74) is 2.67. The summed E-state index contributed by atoms with van der Waals surface area (Å²) in [4.78, 5) is 2.69. The van der Waals surface area contributed by atoms with E-state index in [-0.39, 0.29) is 0 Å². The van der Waals surface area contributed by atoms with Crippen LogP contribution in [0.5, 0.6) is 0 Å². The van der Waals surface area contributed by atoms with Gasteiger partial charge in [0.15, 0.2) is 0 Å². The zero-order valence-corrected chi connectivity index (χ0v) is 16.3. The van der Waals surface area contributed by atoms with E-state index in [9.17, 15) is 0 Å². The molecule has 1 heterocycles. The third kappa shape index (κ3) is 7.65. The SMILES string of the molecule is C/C=C/c1sc(C)c(COCCCCC)c1COCCCCC. The lowest BCUT2D eigenvalue weighted by atomic mass is 10.1. The Morgan fingerprint density at radius 1 is 0.870 bits per heavy atom. The summed E-state index contributed by atoms with van der Waals surface area (Å²) in [5, 5.41) is 0. The molecule has 0 spiro atoms. The highest BCUT2D eigenvalue weighted by Crippen LogP contribution is 2.31. The number of unbranched alkanes of at least 4 members (excludes halogenated alkanes) is 4. The van der Waals surface area contributed by atoms with Crippen LogP contribution in [0.15, 0.2) is 6.08 Å². The molecule has 1 rings (SSSR count). The van der Waals surface area contributed by atoms with Gasteiger partial charge >= 0.3 is 0 Å². The lowest BCUT2D eigenvalue weighted by Crippen LogP contribution is -2.02. The van der Waals surface area contributed by atoms with E-state index in [1.54, 1.807) is 0 Å². The highest BCUT2D eigenvalue weighted by molar-refractivity contribution is 7.13. The molecular formula is C20H34O2S. The summed E-state index contributed by atoms with van der Waals surface area (Å²) in [6, 6.07) is 0. The van der Waals surface area contributed by atoms with Gasteiger partial charge in [0.2, 0.25) is 0 Å². The summed E-state index contributed by atoms with van der Waals surface area (Å²) in [6.45, 7) is 11.9. The predicted molar refractivity (Wildman–Crippen MR) is 102 cm³/mol. The van der Waals surface area contributed by atoms with Crippen LogP contribution in [0.3, 0.4) is 0 Å². The number of hydrogen-bond donors (Lipinski definition) is 0. The third-order valence-corrected chi connectivity index (χ3v) is 5.10. The van der Waals surface area contributed by atoms with Crippen molar-refractivity contribution in [2.24, 2.45) is 0 Å². The Kier molecular flexibility index (Phi) is 11.3. The smallest absolute Gasteiger partial charge is 0.0734 e. The van der Waals surface area contributed by atoms with Gasteiger partial charge in [0.05, 0.1) is 13.2 Å². The van der Waals surface area contributed by atoms with Crippen LogP contribution in [-0.4, -0.2) is 13.2 Å². The van der Waals surface area contributed by atoms with E-state index >= 15 is 0 Å². The second-order valence-electron chi connectivity index (χ2n) is 6.00. The van der Waals surface area contributed by atoms with Crippen LogP contribution < -0.4 is 0 Å². The Morgan fingerprint density at radius 3 is 1.96 bits per heavy atom. The average molecular weight is 339 g/mol. The minimum Gasteiger partial charge on any atom is -0.377 e. The Bertz CT molecular complexity index is 449. The number of aryl methyl sites for hydroxylation is 1. The molecule has 0 aliphatic heterocycles. The Hall–Kier alpha value is -0.640. The molecule has 23 heavy (non-hydrogen) atoms. The van der Waals surface area contributed by atoms with Gasteiger partial charge < -0.3 is 9.47 Å². The summed E-state index contributed by atoms with van der Waals surface area (Å²) in [5.74, 6) is 0. The van der Waals surface area contributed by atoms with Gasteiger partial charge in [-0.1, -0.05) is 45.6 Å². The molecule has 0 aromatic carbocycles. The standard InChI is InChI=1S/C20H34O2S/c1-5-8-10-13-21-15-18-17(4)23-20(12-7-3)19(18)16-22-14-11-9-6-2/h7,12H,5-6,8-11,13-16H2,1-4H3/b12-7+. The molecule has 0 N–H and O–H groups in total. The van der Waals surface area contributed by atoms with Crippen LogP contribution in [-0.2, 0) is 22.7 Å². The van der Waals surface area contributed by atoms with Crippen LogP contribution >= 0.6 is 11.3 Å². The van der Waals surface area contributed by atoms with E-state index in [0.717, 1.165) is 32.7 Å². The summed E-state index contributed by atoms with van der Waals surface area (Å²) in [6.07, 6.45) is 11.6. The molecule has 2 nitrogen and oxygen atoms in total. The van der Waals surface area contributed by atoms with E-state index < -0.39 is 0 Å². The van der Waals surface area contributed by atoms with Gasteiger partial charge in [0.25, 0.3) is 0 Å². The topological polar surface area (TPSA) is 18.5 Å². The summed E-state index contributed by atoms with van der Waals surface area (Å²) >= 11 is 1.86. The second kappa shape index (κ2) is 12.7. The van der Waals surface area contributed by atoms with E-state index in [1.165, 1.54) is 46.6 Å². The molecule has 1 aromatic heterocycles. The minimum absolute atomic E-state index is 0.710. The van der Waals surface area contributed by atoms with Crippen molar-refractivity contribution in [1.82, 2.24) is 0 Å². The number of ether oxygens (including phenoxy) is 2. The quantitative estimate of drug-likeness (QED) is 0.382. The normalized spacial score (nSPS) is 11.7. The third-order valence-electron chi connectivity index (χ3n) is 3.95. The first-order valence-corrected chi connectivity index (χ1v) is 9.95. The first-order valence-electron chi connectivity index (χ1n) is 9.13.